The van der Waals surface area contributed by atoms with Gasteiger partial charge in [0.2, 0.25) is 0 Å². The van der Waals surface area contributed by atoms with Gasteiger partial charge in [0.05, 0.1) is 6.54 Å². The number of aryl methyl sites for hydroxylation is 2. The van der Waals surface area contributed by atoms with Crippen molar-refractivity contribution in [3.8, 4) is 0 Å². The number of nitrogens with one attached hydrogen (secondary N) is 1. The Hall–Kier alpha value is -1.41. The zero-order chi connectivity index (χ0) is 13.0. The van der Waals surface area contributed by atoms with Gasteiger partial charge < -0.3 is 9.88 Å². The molecule has 2 nitrogen and oxygen atoms in total. The molecule has 2 aromatic rings. The molecular weight excluding hydrogens is 244 g/mol. The van der Waals surface area contributed by atoms with Crippen LogP contribution in [0.1, 0.15) is 24.6 Å². The van der Waals surface area contributed by atoms with Crippen molar-refractivity contribution in [1.29, 1.82) is 0 Å². The van der Waals surface area contributed by atoms with E-state index >= 15 is 0 Å². The summed E-state index contributed by atoms with van der Waals surface area (Å²) in [6, 6.07) is 10.2. The predicted octanol–water partition coefficient (Wildman–Crippen LogP) is 4.47. The summed E-state index contributed by atoms with van der Waals surface area (Å²) in [4.78, 5) is 0. The number of hydrogen-bond acceptors (Lipinski definition) is 1. The van der Waals surface area contributed by atoms with Gasteiger partial charge in [0.25, 0.3) is 0 Å². The topological polar surface area (TPSA) is 17.0 Å². The van der Waals surface area contributed by atoms with Gasteiger partial charge in [-0.1, -0.05) is 24.6 Å². The number of rotatable bonds is 5. The summed E-state index contributed by atoms with van der Waals surface area (Å²) in [6.07, 6.45) is 3.28. The molecule has 1 N–H and O–H groups in total. The van der Waals surface area contributed by atoms with E-state index < -0.39 is 0 Å². The van der Waals surface area contributed by atoms with Crippen molar-refractivity contribution >= 4 is 17.3 Å². The van der Waals surface area contributed by atoms with Gasteiger partial charge in [-0.3, -0.25) is 0 Å². The normalized spacial score (nSPS) is 10.6. The summed E-state index contributed by atoms with van der Waals surface area (Å²) in [5.41, 5.74) is 3.62. The lowest BCUT2D eigenvalue weighted by atomic mass is 10.2. The van der Waals surface area contributed by atoms with E-state index in [1.54, 1.807) is 0 Å². The molecule has 2 rings (SSSR count). The highest BCUT2D eigenvalue weighted by atomic mass is 35.5. The average Bonchev–Trinajstić information content (AvgIpc) is 2.78. The van der Waals surface area contributed by atoms with Crippen molar-refractivity contribution in [3.63, 3.8) is 0 Å². The Kier molecular flexibility index (Phi) is 4.32. The number of hydrogen-bond donors (Lipinski definition) is 1. The Labute approximate surface area is 114 Å². The third-order valence-corrected chi connectivity index (χ3v) is 3.28. The van der Waals surface area contributed by atoms with Crippen LogP contribution in [-0.2, 0) is 13.1 Å². The Morgan fingerprint density at radius 1 is 1.28 bits per heavy atom. The second kappa shape index (κ2) is 5.96. The van der Waals surface area contributed by atoms with E-state index in [1.807, 2.05) is 18.2 Å². The standard InChI is InChI=1S/C15H19ClN2/c1-3-8-18-9-4-5-14(18)11-17-15-10-13(16)7-6-12(15)2/h4-7,9-10,17H,3,8,11H2,1-2H3. The van der Waals surface area contributed by atoms with Crippen molar-refractivity contribution in [2.24, 2.45) is 0 Å². The fourth-order valence-corrected chi connectivity index (χ4v) is 2.21. The fourth-order valence-electron chi connectivity index (χ4n) is 2.04. The molecule has 0 fully saturated rings. The van der Waals surface area contributed by atoms with E-state index in [1.165, 1.54) is 11.3 Å². The first-order valence-corrected chi connectivity index (χ1v) is 6.72. The van der Waals surface area contributed by atoms with Crippen LogP contribution < -0.4 is 5.32 Å². The van der Waals surface area contributed by atoms with Gasteiger partial charge in [0, 0.05) is 29.1 Å². The van der Waals surface area contributed by atoms with Crippen LogP contribution >= 0.6 is 11.6 Å². The van der Waals surface area contributed by atoms with Crippen LogP contribution in [-0.4, -0.2) is 4.57 Å². The fraction of sp³-hybridized carbons (Fsp3) is 0.333. The van der Waals surface area contributed by atoms with Crippen LogP contribution in [0.4, 0.5) is 5.69 Å². The lowest BCUT2D eigenvalue weighted by Crippen LogP contribution is -2.07. The van der Waals surface area contributed by atoms with Gasteiger partial charge >= 0.3 is 0 Å². The molecule has 1 aromatic heterocycles. The van der Waals surface area contributed by atoms with Crippen molar-refractivity contribution in [2.75, 3.05) is 5.32 Å². The van der Waals surface area contributed by atoms with Crippen LogP contribution in [0.5, 0.6) is 0 Å². The van der Waals surface area contributed by atoms with Gasteiger partial charge in [-0.05, 0) is 43.2 Å². The zero-order valence-electron chi connectivity index (χ0n) is 10.9. The summed E-state index contributed by atoms with van der Waals surface area (Å²) >= 11 is 6.01. The maximum absolute atomic E-state index is 6.01. The van der Waals surface area contributed by atoms with Crippen molar-refractivity contribution in [3.05, 3.63) is 52.8 Å². The maximum Gasteiger partial charge on any atom is 0.0553 e. The van der Waals surface area contributed by atoms with Gasteiger partial charge in [0.15, 0.2) is 0 Å². The summed E-state index contributed by atoms with van der Waals surface area (Å²) in [5, 5.41) is 4.22. The number of halogens is 1. The zero-order valence-corrected chi connectivity index (χ0v) is 11.7. The van der Waals surface area contributed by atoms with Crippen LogP contribution in [0.2, 0.25) is 5.02 Å². The molecule has 0 amide bonds. The minimum absolute atomic E-state index is 0.770. The highest BCUT2D eigenvalue weighted by Gasteiger charge is 2.02. The molecule has 3 heteroatoms. The molecule has 0 saturated carbocycles. The van der Waals surface area contributed by atoms with Crippen LogP contribution in [0.25, 0.3) is 0 Å². The molecule has 0 bridgehead atoms. The molecule has 0 aliphatic carbocycles. The molecule has 1 heterocycles. The first-order chi connectivity index (χ1) is 8.70. The Balaban J connectivity index is 2.06. The minimum atomic E-state index is 0.770. The van der Waals surface area contributed by atoms with Gasteiger partial charge in [-0.2, -0.15) is 0 Å². The first kappa shape index (κ1) is 13.0. The summed E-state index contributed by atoms with van der Waals surface area (Å²) in [5.74, 6) is 0. The van der Waals surface area contributed by atoms with Gasteiger partial charge in [-0.25, -0.2) is 0 Å². The number of aromatic nitrogens is 1. The molecule has 0 spiro atoms. The second-order valence-electron chi connectivity index (χ2n) is 4.51. The predicted molar refractivity (Wildman–Crippen MR) is 78.2 cm³/mol. The minimum Gasteiger partial charge on any atom is -0.379 e. The largest absolute Gasteiger partial charge is 0.379 e. The molecular formula is C15H19ClN2. The number of benzene rings is 1. The third-order valence-electron chi connectivity index (χ3n) is 3.05. The quantitative estimate of drug-likeness (QED) is 0.841. The van der Waals surface area contributed by atoms with Crippen LogP contribution in [0.3, 0.4) is 0 Å². The van der Waals surface area contributed by atoms with E-state index in [-0.39, 0.29) is 0 Å². The van der Waals surface area contributed by atoms with Gasteiger partial charge in [-0.15, -0.1) is 0 Å². The number of nitrogens with zero attached hydrogens (tertiary/aromatic N) is 1. The van der Waals surface area contributed by atoms with Crippen molar-refractivity contribution < 1.29 is 0 Å². The molecule has 0 atom stereocenters. The Morgan fingerprint density at radius 3 is 2.89 bits per heavy atom. The Bertz CT molecular complexity index is 517. The first-order valence-electron chi connectivity index (χ1n) is 6.34. The van der Waals surface area contributed by atoms with Crippen LogP contribution in [0.15, 0.2) is 36.5 Å². The van der Waals surface area contributed by atoms with Crippen LogP contribution in [0, 0.1) is 6.92 Å². The molecule has 0 radical (unpaired) electrons. The number of anilines is 1. The summed E-state index contributed by atoms with van der Waals surface area (Å²) < 4.78 is 2.28. The summed E-state index contributed by atoms with van der Waals surface area (Å²) in [6.45, 7) is 6.18. The van der Waals surface area contributed by atoms with Crippen molar-refractivity contribution in [1.82, 2.24) is 4.57 Å². The lowest BCUT2D eigenvalue weighted by Gasteiger charge is -2.12. The van der Waals surface area contributed by atoms with Crippen molar-refractivity contribution in [2.45, 2.75) is 33.4 Å². The SMILES string of the molecule is CCCn1cccc1CNc1cc(Cl)ccc1C. The monoisotopic (exact) mass is 262 g/mol. The smallest absolute Gasteiger partial charge is 0.0553 e. The third kappa shape index (κ3) is 3.08. The molecule has 0 aliphatic heterocycles. The van der Waals surface area contributed by atoms with Gasteiger partial charge in [0.1, 0.15) is 0 Å². The molecule has 0 aliphatic rings. The molecule has 0 saturated heterocycles. The maximum atomic E-state index is 6.01. The van der Waals surface area contributed by atoms with E-state index in [0.717, 1.165) is 30.2 Å². The molecule has 1 aromatic carbocycles. The molecule has 18 heavy (non-hydrogen) atoms. The van der Waals surface area contributed by atoms with E-state index in [2.05, 4.69) is 42.1 Å². The summed E-state index contributed by atoms with van der Waals surface area (Å²) in [7, 11) is 0. The Morgan fingerprint density at radius 2 is 2.11 bits per heavy atom. The average molecular weight is 263 g/mol. The van der Waals surface area contributed by atoms with E-state index in [9.17, 15) is 0 Å². The highest BCUT2D eigenvalue weighted by Crippen LogP contribution is 2.20. The van der Waals surface area contributed by atoms with E-state index in [0.29, 0.717) is 0 Å². The highest BCUT2D eigenvalue weighted by molar-refractivity contribution is 6.30. The molecule has 96 valence electrons. The van der Waals surface area contributed by atoms with E-state index in [4.69, 9.17) is 11.6 Å². The lowest BCUT2D eigenvalue weighted by molar-refractivity contribution is 0.654. The molecule has 0 unspecified atom stereocenters. The second-order valence-corrected chi connectivity index (χ2v) is 4.94.